The van der Waals surface area contributed by atoms with Gasteiger partial charge in [0.25, 0.3) is 0 Å². The molecule has 0 radical (unpaired) electrons. The number of carbonyl (C=O) groups is 1. The number of benzene rings is 1. The Morgan fingerprint density at radius 3 is 2.83 bits per heavy atom. The molecule has 30 heavy (non-hydrogen) atoms. The number of likely N-dealkylation sites (tertiary alicyclic amines) is 1. The minimum absolute atomic E-state index is 0.250. The summed E-state index contributed by atoms with van der Waals surface area (Å²) in [6.45, 7) is 4.51. The molecule has 2 aliphatic heterocycles. The lowest BCUT2D eigenvalue weighted by atomic mass is 9.53. The van der Waals surface area contributed by atoms with Gasteiger partial charge < -0.3 is 14.2 Å². The first-order valence-electron chi connectivity index (χ1n) is 11.3. The van der Waals surface area contributed by atoms with Crippen molar-refractivity contribution in [1.82, 2.24) is 19.4 Å². The Labute approximate surface area is 177 Å². The zero-order valence-corrected chi connectivity index (χ0v) is 17.9. The van der Waals surface area contributed by atoms with Crippen molar-refractivity contribution in [2.45, 2.75) is 70.2 Å². The molecule has 158 valence electrons. The fourth-order valence-corrected chi connectivity index (χ4v) is 7.04. The molecule has 6 rings (SSSR count). The maximum atomic E-state index is 12.0. The van der Waals surface area contributed by atoms with Gasteiger partial charge >= 0.3 is 6.09 Å². The van der Waals surface area contributed by atoms with Crippen LogP contribution in [0.15, 0.2) is 30.3 Å². The highest BCUT2D eigenvalue weighted by atomic mass is 16.5. The van der Waals surface area contributed by atoms with E-state index in [1.807, 2.05) is 0 Å². The zero-order chi connectivity index (χ0) is 20.5. The van der Waals surface area contributed by atoms with E-state index >= 15 is 0 Å². The van der Waals surface area contributed by atoms with Crippen LogP contribution in [0.2, 0.25) is 0 Å². The largest absolute Gasteiger partial charge is 0.453 e. The average molecular weight is 407 g/mol. The smallest absolute Gasteiger partial charge is 0.409 e. The van der Waals surface area contributed by atoms with E-state index in [-0.39, 0.29) is 6.09 Å². The third-order valence-corrected chi connectivity index (χ3v) is 8.36. The van der Waals surface area contributed by atoms with E-state index in [0.29, 0.717) is 24.0 Å². The lowest BCUT2D eigenvalue weighted by Gasteiger charge is -2.68. The molecule has 1 amide bonds. The maximum absolute atomic E-state index is 12.0. The van der Waals surface area contributed by atoms with E-state index in [1.54, 1.807) is 4.90 Å². The van der Waals surface area contributed by atoms with Gasteiger partial charge in [-0.25, -0.2) is 9.78 Å². The fraction of sp³-hybridized carbons (Fsp3) is 0.583. The molecule has 2 aliphatic carbocycles. The quantitative estimate of drug-likeness (QED) is 0.780. The summed E-state index contributed by atoms with van der Waals surface area (Å²) in [6, 6.07) is 12.9. The Morgan fingerprint density at radius 2 is 2.10 bits per heavy atom. The molecule has 6 nitrogen and oxygen atoms in total. The Hall–Kier alpha value is -2.34. The highest BCUT2D eigenvalue weighted by Crippen LogP contribution is 2.68. The molecule has 1 aromatic heterocycles. The molecule has 6 heteroatoms. The van der Waals surface area contributed by atoms with Crippen LogP contribution in [0.1, 0.15) is 54.5 Å². The molecule has 1 saturated heterocycles. The van der Waals surface area contributed by atoms with Gasteiger partial charge in [0.2, 0.25) is 0 Å². The van der Waals surface area contributed by atoms with Crippen molar-refractivity contribution < 1.29 is 9.53 Å². The maximum Gasteiger partial charge on any atom is 0.409 e. The van der Waals surface area contributed by atoms with Crippen LogP contribution in [0.25, 0.3) is 0 Å². The standard InChI is InChI=1S/C24H30N4O2/c1-16-25-19-15-26(23(29)30-2)11-9-20(19)28(16)18-12-22-24(13-18)10-8-21(24)27(22)14-17-6-4-3-5-7-17/h3-7,18,21-22H,8-15H2,1-2H3. The van der Waals surface area contributed by atoms with Crippen molar-refractivity contribution in [3.05, 3.63) is 53.1 Å². The first kappa shape index (κ1) is 18.4. The van der Waals surface area contributed by atoms with Crippen molar-refractivity contribution in [3.8, 4) is 0 Å². The molecular formula is C24H30N4O2. The van der Waals surface area contributed by atoms with Crippen LogP contribution >= 0.6 is 0 Å². The van der Waals surface area contributed by atoms with E-state index < -0.39 is 0 Å². The molecular weight excluding hydrogens is 376 g/mol. The van der Waals surface area contributed by atoms with Crippen LogP contribution in [0.3, 0.4) is 0 Å². The molecule has 2 saturated carbocycles. The van der Waals surface area contributed by atoms with Gasteiger partial charge in [-0.1, -0.05) is 30.3 Å². The Kier molecular flexibility index (Phi) is 4.04. The van der Waals surface area contributed by atoms with Crippen LogP contribution in [0.5, 0.6) is 0 Å². The number of methoxy groups -OCH3 is 1. The number of ether oxygens (including phenoxy) is 1. The van der Waals surface area contributed by atoms with E-state index in [1.165, 1.54) is 44.1 Å². The number of nitrogens with zero attached hydrogens (tertiary/aromatic N) is 4. The third-order valence-electron chi connectivity index (χ3n) is 8.36. The van der Waals surface area contributed by atoms with E-state index in [2.05, 4.69) is 46.7 Å². The Bertz CT molecular complexity index is 987. The van der Waals surface area contributed by atoms with Gasteiger partial charge in [-0.05, 0) is 38.2 Å². The first-order valence-corrected chi connectivity index (χ1v) is 11.3. The highest BCUT2D eigenvalue weighted by Gasteiger charge is 2.69. The van der Waals surface area contributed by atoms with Gasteiger partial charge in [0.05, 0.1) is 19.3 Å². The molecule has 0 N–H and O–H groups in total. The molecule has 1 spiro atoms. The number of piperidine rings is 1. The van der Waals surface area contributed by atoms with Gasteiger partial charge in [-0.2, -0.15) is 0 Å². The number of aromatic nitrogens is 2. The predicted octanol–water partition coefficient (Wildman–Crippen LogP) is 3.68. The molecule has 4 aliphatic rings. The van der Waals surface area contributed by atoms with E-state index in [4.69, 9.17) is 9.72 Å². The summed E-state index contributed by atoms with van der Waals surface area (Å²) < 4.78 is 7.45. The second kappa shape index (κ2) is 6.58. The summed E-state index contributed by atoms with van der Waals surface area (Å²) in [5, 5.41) is 0. The molecule has 0 bridgehead atoms. The number of imidazole rings is 1. The van der Waals surface area contributed by atoms with Crippen LogP contribution in [-0.4, -0.2) is 51.2 Å². The van der Waals surface area contributed by atoms with E-state index in [0.717, 1.165) is 37.1 Å². The van der Waals surface area contributed by atoms with Gasteiger partial charge in [0, 0.05) is 48.7 Å². The van der Waals surface area contributed by atoms with Gasteiger partial charge in [-0.3, -0.25) is 4.90 Å². The second-order valence-corrected chi connectivity index (χ2v) is 9.62. The number of rotatable bonds is 3. The average Bonchev–Trinajstić information content (AvgIpc) is 3.29. The summed E-state index contributed by atoms with van der Waals surface area (Å²) >= 11 is 0. The Balaban J connectivity index is 1.24. The summed E-state index contributed by atoms with van der Waals surface area (Å²) in [5.74, 6) is 1.11. The van der Waals surface area contributed by atoms with Crippen molar-refractivity contribution in [2.75, 3.05) is 13.7 Å². The van der Waals surface area contributed by atoms with Crippen LogP contribution < -0.4 is 0 Å². The van der Waals surface area contributed by atoms with Gasteiger partial charge in [0.15, 0.2) is 0 Å². The molecule has 3 heterocycles. The number of hydrogen-bond donors (Lipinski definition) is 0. The topological polar surface area (TPSA) is 50.6 Å². The van der Waals surface area contributed by atoms with Gasteiger partial charge in [-0.15, -0.1) is 0 Å². The predicted molar refractivity (Wildman–Crippen MR) is 113 cm³/mol. The molecule has 3 fully saturated rings. The molecule has 4 unspecified atom stereocenters. The number of hydrogen-bond acceptors (Lipinski definition) is 4. The molecule has 4 atom stereocenters. The van der Waals surface area contributed by atoms with Crippen LogP contribution in [0.4, 0.5) is 4.79 Å². The summed E-state index contributed by atoms with van der Waals surface area (Å²) in [4.78, 5) is 21.4. The fourth-order valence-electron chi connectivity index (χ4n) is 7.04. The van der Waals surface area contributed by atoms with Crippen molar-refractivity contribution in [2.24, 2.45) is 5.41 Å². The van der Waals surface area contributed by atoms with Gasteiger partial charge in [0.1, 0.15) is 5.82 Å². The van der Waals surface area contributed by atoms with Crippen molar-refractivity contribution in [1.29, 1.82) is 0 Å². The van der Waals surface area contributed by atoms with Crippen molar-refractivity contribution in [3.63, 3.8) is 0 Å². The molecule has 1 aromatic carbocycles. The summed E-state index contributed by atoms with van der Waals surface area (Å²) in [7, 11) is 1.45. The minimum Gasteiger partial charge on any atom is -0.453 e. The van der Waals surface area contributed by atoms with Crippen LogP contribution in [-0.2, 0) is 24.2 Å². The number of aryl methyl sites for hydroxylation is 1. The zero-order valence-electron chi connectivity index (χ0n) is 17.9. The lowest BCUT2D eigenvalue weighted by molar-refractivity contribution is -0.193. The highest BCUT2D eigenvalue weighted by molar-refractivity contribution is 5.67. The molecule has 2 aromatic rings. The Morgan fingerprint density at radius 1 is 1.27 bits per heavy atom. The lowest BCUT2D eigenvalue weighted by Crippen LogP contribution is -2.74. The number of amides is 1. The van der Waals surface area contributed by atoms with Crippen LogP contribution in [0, 0.1) is 12.3 Å². The first-order chi connectivity index (χ1) is 14.6. The SMILES string of the molecule is COC(=O)N1CCc2c(nc(C)n2C2CC3N(Cc4ccccc4)C4CCC43C2)C1. The van der Waals surface area contributed by atoms with E-state index in [9.17, 15) is 4.79 Å². The normalized spacial score (nSPS) is 31.9. The number of carbonyl (C=O) groups excluding carboxylic acids is 1. The number of fused-ring (bicyclic) bond motifs is 1. The monoisotopic (exact) mass is 406 g/mol. The minimum atomic E-state index is -0.250. The third kappa shape index (κ3) is 2.46. The summed E-state index contributed by atoms with van der Waals surface area (Å²) in [5.41, 5.74) is 4.38. The van der Waals surface area contributed by atoms with Crippen molar-refractivity contribution >= 4 is 6.09 Å². The second-order valence-electron chi connectivity index (χ2n) is 9.62. The summed E-state index contributed by atoms with van der Waals surface area (Å²) in [6.07, 6.45) is 5.88.